The molecule has 0 bridgehead atoms. The van der Waals surface area contributed by atoms with E-state index < -0.39 is 0 Å². The number of hydrogen-bond acceptors (Lipinski definition) is 2. The Morgan fingerprint density at radius 3 is 2.76 bits per heavy atom. The van der Waals surface area contributed by atoms with Crippen LogP contribution in [0.2, 0.25) is 0 Å². The first-order valence-electron chi connectivity index (χ1n) is 7.14. The minimum absolute atomic E-state index is 0.485. The van der Waals surface area contributed by atoms with Crippen LogP contribution in [-0.4, -0.2) is 43.1 Å². The quantitative estimate of drug-likeness (QED) is 0.723. The zero-order valence-electron chi connectivity index (χ0n) is 11.1. The van der Waals surface area contributed by atoms with E-state index in [4.69, 9.17) is 4.74 Å². The second-order valence-electron chi connectivity index (χ2n) is 5.92. The third-order valence-corrected chi connectivity index (χ3v) is 5.65. The molecule has 0 amide bonds. The van der Waals surface area contributed by atoms with Crippen LogP contribution in [-0.2, 0) is 4.74 Å². The van der Waals surface area contributed by atoms with Crippen molar-refractivity contribution >= 4 is 15.9 Å². The standard InChI is InChI=1S/C14H26BrNO/c1-2-3-13-4-7-16(10-13)12-14(11-15)5-8-17-9-6-14/h13H,2-12H2,1H3. The number of rotatable bonds is 5. The van der Waals surface area contributed by atoms with Crippen molar-refractivity contribution < 1.29 is 4.74 Å². The molecule has 0 aromatic rings. The van der Waals surface area contributed by atoms with E-state index in [9.17, 15) is 0 Å². The van der Waals surface area contributed by atoms with Crippen molar-refractivity contribution in [3.8, 4) is 0 Å². The minimum Gasteiger partial charge on any atom is -0.381 e. The highest BCUT2D eigenvalue weighted by Crippen LogP contribution is 2.35. The maximum atomic E-state index is 5.51. The van der Waals surface area contributed by atoms with E-state index in [2.05, 4.69) is 27.8 Å². The van der Waals surface area contributed by atoms with Crippen LogP contribution >= 0.6 is 15.9 Å². The number of hydrogen-bond donors (Lipinski definition) is 0. The molecule has 0 radical (unpaired) electrons. The largest absolute Gasteiger partial charge is 0.381 e. The first-order valence-corrected chi connectivity index (χ1v) is 8.26. The molecule has 0 spiro atoms. The number of halogens is 1. The average molecular weight is 304 g/mol. The molecule has 2 saturated heterocycles. The fourth-order valence-corrected chi connectivity index (χ4v) is 4.05. The van der Waals surface area contributed by atoms with Gasteiger partial charge in [0.25, 0.3) is 0 Å². The summed E-state index contributed by atoms with van der Waals surface area (Å²) < 4.78 is 5.51. The van der Waals surface area contributed by atoms with Gasteiger partial charge in [0.1, 0.15) is 0 Å². The molecule has 100 valence electrons. The molecule has 2 aliphatic rings. The summed E-state index contributed by atoms with van der Waals surface area (Å²) in [6.07, 6.45) is 6.64. The molecule has 0 saturated carbocycles. The lowest BCUT2D eigenvalue weighted by molar-refractivity contribution is 0.0111. The predicted octanol–water partition coefficient (Wildman–Crippen LogP) is 3.30. The summed E-state index contributed by atoms with van der Waals surface area (Å²) in [5.74, 6) is 0.965. The molecule has 3 heteroatoms. The molecule has 0 aromatic heterocycles. The molecule has 0 aliphatic carbocycles. The van der Waals surface area contributed by atoms with Crippen molar-refractivity contribution in [3.05, 3.63) is 0 Å². The van der Waals surface area contributed by atoms with E-state index in [1.165, 1.54) is 51.7 Å². The second kappa shape index (κ2) is 6.53. The van der Waals surface area contributed by atoms with Crippen LogP contribution in [0.1, 0.15) is 39.0 Å². The molecule has 0 N–H and O–H groups in total. The zero-order valence-corrected chi connectivity index (χ0v) is 12.7. The third-order valence-electron chi connectivity index (χ3n) is 4.46. The van der Waals surface area contributed by atoms with E-state index in [1.807, 2.05) is 0 Å². The fourth-order valence-electron chi connectivity index (χ4n) is 3.31. The predicted molar refractivity (Wildman–Crippen MR) is 75.7 cm³/mol. The van der Waals surface area contributed by atoms with Crippen LogP contribution in [0.25, 0.3) is 0 Å². The molecule has 2 heterocycles. The molecule has 2 nitrogen and oxygen atoms in total. The highest BCUT2D eigenvalue weighted by Gasteiger charge is 2.35. The van der Waals surface area contributed by atoms with Gasteiger partial charge in [-0.25, -0.2) is 0 Å². The Balaban J connectivity index is 1.83. The molecule has 17 heavy (non-hydrogen) atoms. The van der Waals surface area contributed by atoms with Crippen LogP contribution in [0.4, 0.5) is 0 Å². The van der Waals surface area contributed by atoms with Gasteiger partial charge in [-0.2, -0.15) is 0 Å². The van der Waals surface area contributed by atoms with E-state index in [0.717, 1.165) is 24.5 Å². The summed E-state index contributed by atoms with van der Waals surface area (Å²) in [5, 5.41) is 1.14. The molecule has 1 atom stereocenters. The summed E-state index contributed by atoms with van der Waals surface area (Å²) in [6, 6.07) is 0. The maximum Gasteiger partial charge on any atom is 0.0472 e. The van der Waals surface area contributed by atoms with Crippen molar-refractivity contribution in [3.63, 3.8) is 0 Å². The van der Waals surface area contributed by atoms with Gasteiger partial charge in [-0.05, 0) is 43.6 Å². The number of alkyl halides is 1. The molecular formula is C14H26BrNO. The van der Waals surface area contributed by atoms with Crippen LogP contribution in [0.15, 0.2) is 0 Å². The molecule has 1 unspecified atom stereocenters. The number of likely N-dealkylation sites (tertiary alicyclic amines) is 1. The smallest absolute Gasteiger partial charge is 0.0472 e. The molecule has 2 rings (SSSR count). The highest BCUT2D eigenvalue weighted by molar-refractivity contribution is 9.09. The van der Waals surface area contributed by atoms with Crippen LogP contribution in [0.3, 0.4) is 0 Å². The van der Waals surface area contributed by atoms with Crippen molar-refractivity contribution in [1.82, 2.24) is 4.90 Å². The van der Waals surface area contributed by atoms with Gasteiger partial charge in [0, 0.05) is 31.6 Å². The summed E-state index contributed by atoms with van der Waals surface area (Å²) in [4.78, 5) is 2.70. The van der Waals surface area contributed by atoms with Gasteiger partial charge in [0.2, 0.25) is 0 Å². The summed E-state index contributed by atoms with van der Waals surface area (Å²) >= 11 is 3.74. The number of nitrogens with zero attached hydrogens (tertiary/aromatic N) is 1. The van der Waals surface area contributed by atoms with E-state index in [0.29, 0.717) is 5.41 Å². The molecule has 0 aromatic carbocycles. The summed E-state index contributed by atoms with van der Waals surface area (Å²) in [6.45, 7) is 8.16. The summed E-state index contributed by atoms with van der Waals surface area (Å²) in [7, 11) is 0. The first-order chi connectivity index (χ1) is 8.28. The Morgan fingerprint density at radius 1 is 1.35 bits per heavy atom. The van der Waals surface area contributed by atoms with Crippen molar-refractivity contribution in [1.29, 1.82) is 0 Å². The van der Waals surface area contributed by atoms with Crippen molar-refractivity contribution in [2.24, 2.45) is 11.3 Å². The second-order valence-corrected chi connectivity index (χ2v) is 6.49. The Morgan fingerprint density at radius 2 is 2.12 bits per heavy atom. The van der Waals surface area contributed by atoms with Crippen LogP contribution < -0.4 is 0 Å². The number of ether oxygens (including phenoxy) is 1. The molecule has 2 aliphatic heterocycles. The van der Waals surface area contributed by atoms with Gasteiger partial charge in [-0.15, -0.1) is 0 Å². The maximum absolute atomic E-state index is 5.51. The van der Waals surface area contributed by atoms with Gasteiger partial charge in [-0.1, -0.05) is 29.3 Å². The Hall–Kier alpha value is 0.400. The zero-order chi connectivity index (χ0) is 12.1. The van der Waals surface area contributed by atoms with Crippen LogP contribution in [0, 0.1) is 11.3 Å². The topological polar surface area (TPSA) is 12.5 Å². The van der Waals surface area contributed by atoms with Crippen LogP contribution in [0.5, 0.6) is 0 Å². The SMILES string of the molecule is CCCC1CCN(CC2(CBr)CCOCC2)C1. The monoisotopic (exact) mass is 303 g/mol. The van der Waals surface area contributed by atoms with E-state index in [-0.39, 0.29) is 0 Å². The first kappa shape index (κ1) is 13.8. The average Bonchev–Trinajstić information content (AvgIpc) is 2.78. The minimum atomic E-state index is 0.485. The van der Waals surface area contributed by atoms with Gasteiger partial charge in [0.05, 0.1) is 0 Å². The lowest BCUT2D eigenvalue weighted by Gasteiger charge is -2.38. The lowest BCUT2D eigenvalue weighted by Crippen LogP contribution is -2.42. The van der Waals surface area contributed by atoms with Crippen molar-refractivity contribution in [2.75, 3.05) is 38.2 Å². The van der Waals surface area contributed by atoms with Gasteiger partial charge < -0.3 is 9.64 Å². The van der Waals surface area contributed by atoms with E-state index >= 15 is 0 Å². The van der Waals surface area contributed by atoms with Crippen molar-refractivity contribution in [2.45, 2.75) is 39.0 Å². The van der Waals surface area contributed by atoms with Gasteiger partial charge >= 0.3 is 0 Å². The fraction of sp³-hybridized carbons (Fsp3) is 1.00. The van der Waals surface area contributed by atoms with Gasteiger partial charge in [-0.3, -0.25) is 0 Å². The molecule has 2 fully saturated rings. The Bertz CT molecular complexity index is 228. The lowest BCUT2D eigenvalue weighted by atomic mass is 9.82. The van der Waals surface area contributed by atoms with Gasteiger partial charge in [0.15, 0.2) is 0 Å². The Labute approximate surface area is 114 Å². The Kier molecular flexibility index (Phi) is 5.31. The van der Waals surface area contributed by atoms with E-state index in [1.54, 1.807) is 0 Å². The summed E-state index contributed by atoms with van der Waals surface area (Å²) in [5.41, 5.74) is 0.485. The molecular weight excluding hydrogens is 278 g/mol. The third kappa shape index (κ3) is 3.68. The highest BCUT2D eigenvalue weighted by atomic mass is 79.9. The normalized spacial score (nSPS) is 29.6.